The molecular weight excluding hydrogens is 330 g/mol. The van der Waals surface area contributed by atoms with Crippen molar-refractivity contribution < 1.29 is 13.5 Å². The zero-order valence-corrected chi connectivity index (χ0v) is 13.8. The molecule has 0 saturated heterocycles. The van der Waals surface area contributed by atoms with Gasteiger partial charge in [-0.1, -0.05) is 23.7 Å². The zero-order chi connectivity index (χ0) is 15.5. The summed E-state index contributed by atoms with van der Waals surface area (Å²) in [6.07, 6.45) is -0.472. The van der Waals surface area contributed by atoms with Crippen LogP contribution in [0.2, 0.25) is 5.02 Å². The predicted molar refractivity (Wildman–Crippen MR) is 85.3 cm³/mol. The van der Waals surface area contributed by atoms with Crippen molar-refractivity contribution in [2.75, 3.05) is 6.54 Å². The normalized spacial score (nSPS) is 13.3. The second kappa shape index (κ2) is 6.89. The fourth-order valence-electron chi connectivity index (χ4n) is 1.84. The lowest BCUT2D eigenvalue weighted by Gasteiger charge is -2.11. The molecule has 7 heteroatoms. The van der Waals surface area contributed by atoms with Gasteiger partial charge in [0, 0.05) is 16.4 Å². The van der Waals surface area contributed by atoms with Crippen molar-refractivity contribution in [2.45, 2.75) is 23.7 Å². The molecule has 1 atom stereocenters. The van der Waals surface area contributed by atoms with Crippen LogP contribution in [0.4, 0.5) is 0 Å². The lowest BCUT2D eigenvalue weighted by atomic mass is 10.1. The van der Waals surface area contributed by atoms with E-state index >= 15 is 0 Å². The van der Waals surface area contributed by atoms with Gasteiger partial charge >= 0.3 is 0 Å². The van der Waals surface area contributed by atoms with Gasteiger partial charge in [-0.3, -0.25) is 0 Å². The minimum Gasteiger partial charge on any atom is -0.388 e. The molecule has 114 valence electrons. The van der Waals surface area contributed by atoms with E-state index in [0.29, 0.717) is 10.6 Å². The standard InChI is InChI=1S/C14H16ClNO3S2/c1-10-5-6-14(20-10)21(18,19)16-8-7-13(17)11-3-2-4-12(15)9-11/h2-6,9,13,16-17H,7-8H2,1H3/t13-/m0/s1. The largest absolute Gasteiger partial charge is 0.388 e. The number of sulfonamides is 1. The van der Waals surface area contributed by atoms with Crippen LogP contribution in [0.15, 0.2) is 40.6 Å². The Kier molecular flexibility index (Phi) is 5.40. The minimum absolute atomic E-state index is 0.160. The lowest BCUT2D eigenvalue weighted by Crippen LogP contribution is -2.25. The number of halogens is 1. The average Bonchev–Trinajstić information content (AvgIpc) is 2.86. The SMILES string of the molecule is Cc1ccc(S(=O)(=O)NCC[C@H](O)c2cccc(Cl)c2)s1. The number of aryl methyl sites for hydroxylation is 1. The van der Waals surface area contributed by atoms with Crippen LogP contribution < -0.4 is 4.72 Å². The first-order chi connectivity index (χ1) is 9.88. The van der Waals surface area contributed by atoms with Gasteiger partial charge < -0.3 is 5.11 Å². The van der Waals surface area contributed by atoms with E-state index in [0.717, 1.165) is 4.88 Å². The van der Waals surface area contributed by atoms with E-state index in [1.54, 1.807) is 36.4 Å². The van der Waals surface area contributed by atoms with Crippen LogP contribution in [0.3, 0.4) is 0 Å². The fraction of sp³-hybridized carbons (Fsp3) is 0.286. The molecule has 0 fully saturated rings. The summed E-state index contributed by atoms with van der Waals surface area (Å²) in [5, 5.41) is 10.6. The number of benzene rings is 1. The molecule has 4 nitrogen and oxygen atoms in total. The predicted octanol–water partition coefficient (Wildman–Crippen LogP) is 3.11. The Labute approximate surface area is 133 Å². The Morgan fingerprint density at radius 3 is 2.71 bits per heavy atom. The van der Waals surface area contributed by atoms with Crippen molar-refractivity contribution in [3.63, 3.8) is 0 Å². The van der Waals surface area contributed by atoms with E-state index in [1.165, 1.54) is 11.3 Å². The van der Waals surface area contributed by atoms with Crippen LogP contribution in [-0.2, 0) is 10.0 Å². The van der Waals surface area contributed by atoms with Gasteiger partial charge in [0.1, 0.15) is 4.21 Å². The first-order valence-electron chi connectivity index (χ1n) is 6.38. The second-order valence-electron chi connectivity index (χ2n) is 4.62. The molecule has 1 aromatic carbocycles. The van der Waals surface area contributed by atoms with E-state index in [1.807, 2.05) is 6.92 Å². The summed E-state index contributed by atoms with van der Waals surface area (Å²) in [5.41, 5.74) is 0.675. The summed E-state index contributed by atoms with van der Waals surface area (Å²) in [6, 6.07) is 10.2. The highest BCUT2D eigenvalue weighted by Crippen LogP contribution is 2.22. The number of hydrogen-bond acceptors (Lipinski definition) is 4. The molecule has 2 aromatic rings. The molecule has 0 unspecified atom stereocenters. The minimum atomic E-state index is -3.49. The third-order valence-electron chi connectivity index (χ3n) is 2.92. The molecule has 0 aliphatic heterocycles. The van der Waals surface area contributed by atoms with Crippen molar-refractivity contribution in [1.29, 1.82) is 0 Å². The van der Waals surface area contributed by atoms with Gasteiger partial charge in [-0.15, -0.1) is 11.3 Å². The molecular formula is C14H16ClNO3S2. The highest BCUT2D eigenvalue weighted by Gasteiger charge is 2.16. The van der Waals surface area contributed by atoms with Crippen molar-refractivity contribution >= 4 is 33.0 Å². The number of hydrogen-bond donors (Lipinski definition) is 2. The highest BCUT2D eigenvalue weighted by molar-refractivity contribution is 7.91. The molecule has 0 bridgehead atoms. The summed E-state index contributed by atoms with van der Waals surface area (Å²) < 4.78 is 26.8. The third kappa shape index (κ3) is 4.52. The lowest BCUT2D eigenvalue weighted by molar-refractivity contribution is 0.169. The van der Waals surface area contributed by atoms with Crippen LogP contribution in [-0.4, -0.2) is 20.1 Å². The maximum atomic E-state index is 12.0. The van der Waals surface area contributed by atoms with E-state index in [2.05, 4.69) is 4.72 Å². The summed E-state index contributed by atoms with van der Waals surface area (Å²) in [7, 11) is -3.49. The van der Waals surface area contributed by atoms with E-state index in [-0.39, 0.29) is 17.2 Å². The Morgan fingerprint density at radius 2 is 2.10 bits per heavy atom. The van der Waals surface area contributed by atoms with Crippen LogP contribution in [0.1, 0.15) is 23.0 Å². The molecule has 1 heterocycles. The smallest absolute Gasteiger partial charge is 0.250 e. The first kappa shape index (κ1) is 16.5. The van der Waals surface area contributed by atoms with Crippen molar-refractivity contribution in [3.05, 3.63) is 51.9 Å². The molecule has 0 spiro atoms. The molecule has 0 aliphatic carbocycles. The van der Waals surface area contributed by atoms with E-state index in [9.17, 15) is 13.5 Å². The first-order valence-corrected chi connectivity index (χ1v) is 9.06. The van der Waals surface area contributed by atoms with E-state index in [4.69, 9.17) is 11.6 Å². The van der Waals surface area contributed by atoms with Crippen LogP contribution in [0, 0.1) is 6.92 Å². The summed E-state index contributed by atoms with van der Waals surface area (Å²) in [5.74, 6) is 0. The van der Waals surface area contributed by atoms with Crippen LogP contribution >= 0.6 is 22.9 Å². The number of aliphatic hydroxyl groups is 1. The van der Waals surface area contributed by atoms with Crippen molar-refractivity contribution in [3.8, 4) is 0 Å². The fourth-order valence-corrected chi connectivity index (χ4v) is 4.41. The Morgan fingerprint density at radius 1 is 1.33 bits per heavy atom. The van der Waals surface area contributed by atoms with Gasteiger partial charge in [0.2, 0.25) is 10.0 Å². The summed E-state index contributed by atoms with van der Waals surface area (Å²) >= 11 is 7.08. The molecule has 0 aliphatic rings. The van der Waals surface area contributed by atoms with Crippen LogP contribution in [0.5, 0.6) is 0 Å². The monoisotopic (exact) mass is 345 g/mol. The second-order valence-corrected chi connectivity index (χ2v) is 8.34. The number of nitrogens with one attached hydrogen (secondary N) is 1. The molecule has 2 rings (SSSR count). The molecule has 0 amide bonds. The van der Waals surface area contributed by atoms with Crippen LogP contribution in [0.25, 0.3) is 0 Å². The van der Waals surface area contributed by atoms with Gasteiger partial charge in [0.15, 0.2) is 0 Å². The van der Waals surface area contributed by atoms with Gasteiger partial charge in [-0.05, 0) is 43.2 Å². The molecule has 21 heavy (non-hydrogen) atoms. The van der Waals surface area contributed by atoms with Crippen molar-refractivity contribution in [1.82, 2.24) is 4.72 Å². The number of thiophene rings is 1. The van der Waals surface area contributed by atoms with Crippen molar-refractivity contribution in [2.24, 2.45) is 0 Å². The molecule has 0 saturated carbocycles. The Hall–Kier alpha value is -0.920. The van der Waals surface area contributed by atoms with Gasteiger partial charge in [0.25, 0.3) is 0 Å². The summed E-state index contributed by atoms with van der Waals surface area (Å²) in [4.78, 5) is 0.939. The van der Waals surface area contributed by atoms with Gasteiger partial charge in [0.05, 0.1) is 6.10 Å². The van der Waals surface area contributed by atoms with Gasteiger partial charge in [-0.2, -0.15) is 0 Å². The summed E-state index contributed by atoms with van der Waals surface area (Å²) in [6.45, 7) is 2.01. The highest BCUT2D eigenvalue weighted by atomic mass is 35.5. The Bertz CT molecular complexity index is 713. The zero-order valence-electron chi connectivity index (χ0n) is 11.4. The molecule has 2 N–H and O–H groups in total. The maximum absolute atomic E-state index is 12.0. The average molecular weight is 346 g/mol. The third-order valence-corrected chi connectivity index (χ3v) is 6.11. The van der Waals surface area contributed by atoms with Gasteiger partial charge in [-0.25, -0.2) is 13.1 Å². The van der Waals surface area contributed by atoms with E-state index < -0.39 is 16.1 Å². The topological polar surface area (TPSA) is 66.4 Å². The number of rotatable bonds is 6. The number of aliphatic hydroxyl groups excluding tert-OH is 1. The molecule has 1 aromatic heterocycles. The quantitative estimate of drug-likeness (QED) is 0.845. The maximum Gasteiger partial charge on any atom is 0.250 e. The molecule has 0 radical (unpaired) electrons. The Balaban J connectivity index is 1.92.